The minimum Gasteiger partial charge on any atom is -0.353 e. The topological polar surface area (TPSA) is 85.0 Å². The fourth-order valence-electron chi connectivity index (χ4n) is 4.74. The number of piperidine rings is 1. The molecule has 4 rings (SSSR count). The third kappa shape index (κ3) is 6.54. The highest BCUT2D eigenvalue weighted by atomic mass is 16.2. The first-order valence-corrected chi connectivity index (χ1v) is 12.3. The van der Waals surface area contributed by atoms with Crippen LogP contribution in [-0.4, -0.2) is 90.8 Å². The van der Waals surface area contributed by atoms with E-state index < -0.39 is 0 Å². The Morgan fingerprint density at radius 3 is 2.06 bits per heavy atom. The number of carbonyl (C=O) groups excluding carboxylic acids is 3. The van der Waals surface area contributed by atoms with Gasteiger partial charge in [-0.1, -0.05) is 18.2 Å². The van der Waals surface area contributed by atoms with Gasteiger partial charge in [-0.25, -0.2) is 0 Å². The predicted octanol–water partition coefficient (Wildman–Crippen LogP) is 1.38. The Labute approximate surface area is 196 Å². The van der Waals surface area contributed by atoms with Crippen molar-refractivity contribution >= 4 is 23.4 Å². The molecule has 0 radical (unpaired) electrons. The van der Waals surface area contributed by atoms with Gasteiger partial charge < -0.3 is 15.5 Å². The second-order valence-corrected chi connectivity index (χ2v) is 9.81. The zero-order valence-corrected chi connectivity index (χ0v) is 19.9. The first-order chi connectivity index (χ1) is 15.9. The van der Waals surface area contributed by atoms with Crippen molar-refractivity contribution in [2.24, 2.45) is 5.92 Å². The number of anilines is 1. The minimum atomic E-state index is -0.0132. The van der Waals surface area contributed by atoms with E-state index in [4.69, 9.17) is 0 Å². The van der Waals surface area contributed by atoms with Crippen LogP contribution in [0, 0.1) is 19.8 Å². The molecule has 1 aromatic rings. The second kappa shape index (κ2) is 10.7. The number of rotatable bonds is 7. The quantitative estimate of drug-likeness (QED) is 0.649. The monoisotopic (exact) mass is 455 g/mol. The third-order valence-electron chi connectivity index (χ3n) is 7.08. The molecule has 3 aliphatic rings. The Balaban J connectivity index is 1.15. The number of hydrogen-bond acceptors (Lipinski definition) is 5. The van der Waals surface area contributed by atoms with Crippen LogP contribution in [0.15, 0.2) is 18.2 Å². The van der Waals surface area contributed by atoms with Crippen LogP contribution in [-0.2, 0) is 14.4 Å². The number of nitrogens with zero attached hydrogens (tertiary/aromatic N) is 3. The zero-order valence-electron chi connectivity index (χ0n) is 19.9. The molecular formula is C25H37N5O3. The number of carbonyl (C=O) groups is 3. The van der Waals surface area contributed by atoms with Crippen molar-refractivity contribution in [3.05, 3.63) is 29.3 Å². The van der Waals surface area contributed by atoms with Crippen molar-refractivity contribution in [1.29, 1.82) is 0 Å². The largest absolute Gasteiger partial charge is 0.353 e. The molecule has 2 aliphatic heterocycles. The molecule has 8 heteroatoms. The SMILES string of the molecule is Cc1cccc(C)c1NC(=O)CN1CCN(C(=O)CN2CCC(C(=O)NC3CC3)CC2)CC1. The van der Waals surface area contributed by atoms with Crippen LogP contribution in [0.1, 0.15) is 36.8 Å². The lowest BCUT2D eigenvalue weighted by molar-refractivity contribution is -0.134. The highest BCUT2D eigenvalue weighted by Gasteiger charge is 2.31. The Morgan fingerprint density at radius 2 is 1.45 bits per heavy atom. The summed E-state index contributed by atoms with van der Waals surface area (Å²) in [4.78, 5) is 43.7. The fourth-order valence-corrected chi connectivity index (χ4v) is 4.74. The van der Waals surface area contributed by atoms with Crippen LogP contribution in [0.25, 0.3) is 0 Å². The molecule has 2 N–H and O–H groups in total. The number of para-hydroxylation sites is 1. The normalized spacial score (nSPS) is 20.5. The summed E-state index contributed by atoms with van der Waals surface area (Å²) >= 11 is 0. The van der Waals surface area contributed by atoms with Gasteiger partial charge in [0.15, 0.2) is 0 Å². The fraction of sp³-hybridized carbons (Fsp3) is 0.640. The standard InChI is InChI=1S/C25H37N5O3/c1-18-4-3-5-19(2)24(18)27-22(31)16-29-12-14-30(15-13-29)23(32)17-28-10-8-20(9-11-28)25(33)26-21-6-7-21/h3-5,20-21H,6-17H2,1-2H3,(H,26,33)(H,27,31). The van der Waals surface area contributed by atoms with E-state index in [1.165, 1.54) is 0 Å². The van der Waals surface area contributed by atoms with Crippen molar-refractivity contribution in [1.82, 2.24) is 20.0 Å². The molecule has 2 saturated heterocycles. The van der Waals surface area contributed by atoms with E-state index in [-0.39, 0.29) is 23.6 Å². The van der Waals surface area contributed by atoms with Gasteiger partial charge in [0.1, 0.15) is 0 Å². The first kappa shape index (κ1) is 23.7. The molecule has 8 nitrogen and oxygen atoms in total. The maximum absolute atomic E-state index is 12.8. The van der Waals surface area contributed by atoms with E-state index in [9.17, 15) is 14.4 Å². The summed E-state index contributed by atoms with van der Waals surface area (Å²) in [5.41, 5.74) is 3.02. The Hall–Kier alpha value is -2.45. The van der Waals surface area contributed by atoms with Gasteiger partial charge in [-0.05, 0) is 63.7 Å². The smallest absolute Gasteiger partial charge is 0.238 e. The summed E-state index contributed by atoms with van der Waals surface area (Å²) in [7, 11) is 0. The Morgan fingerprint density at radius 1 is 0.848 bits per heavy atom. The number of likely N-dealkylation sites (tertiary alicyclic amines) is 1. The highest BCUT2D eigenvalue weighted by molar-refractivity contribution is 5.93. The van der Waals surface area contributed by atoms with Crippen LogP contribution in [0.5, 0.6) is 0 Å². The van der Waals surface area contributed by atoms with E-state index in [1.807, 2.05) is 36.9 Å². The van der Waals surface area contributed by atoms with E-state index in [0.29, 0.717) is 45.3 Å². The summed E-state index contributed by atoms with van der Waals surface area (Å²) < 4.78 is 0. The molecule has 180 valence electrons. The van der Waals surface area contributed by atoms with Gasteiger partial charge in [0, 0.05) is 43.8 Å². The molecule has 1 saturated carbocycles. The number of hydrogen-bond donors (Lipinski definition) is 2. The molecule has 1 aromatic carbocycles. The average molecular weight is 456 g/mol. The second-order valence-electron chi connectivity index (χ2n) is 9.81. The first-order valence-electron chi connectivity index (χ1n) is 12.3. The molecule has 2 heterocycles. The van der Waals surface area contributed by atoms with Crippen LogP contribution in [0.2, 0.25) is 0 Å². The van der Waals surface area contributed by atoms with E-state index in [0.717, 1.165) is 55.6 Å². The molecular weight excluding hydrogens is 418 g/mol. The Kier molecular flexibility index (Phi) is 7.65. The van der Waals surface area contributed by atoms with Crippen molar-refractivity contribution in [3.63, 3.8) is 0 Å². The number of amides is 3. The van der Waals surface area contributed by atoms with Crippen molar-refractivity contribution < 1.29 is 14.4 Å². The zero-order chi connectivity index (χ0) is 23.4. The van der Waals surface area contributed by atoms with E-state index in [2.05, 4.69) is 20.4 Å². The lowest BCUT2D eigenvalue weighted by Gasteiger charge is -2.36. The lowest BCUT2D eigenvalue weighted by Crippen LogP contribution is -2.53. The van der Waals surface area contributed by atoms with E-state index >= 15 is 0 Å². The molecule has 0 unspecified atom stereocenters. The van der Waals surface area contributed by atoms with Gasteiger partial charge in [0.25, 0.3) is 0 Å². The van der Waals surface area contributed by atoms with Gasteiger partial charge in [0.2, 0.25) is 17.7 Å². The van der Waals surface area contributed by atoms with Crippen LogP contribution >= 0.6 is 0 Å². The molecule has 0 bridgehead atoms. The maximum atomic E-state index is 12.8. The summed E-state index contributed by atoms with van der Waals surface area (Å²) in [6, 6.07) is 6.40. The lowest BCUT2D eigenvalue weighted by atomic mass is 9.96. The van der Waals surface area contributed by atoms with Gasteiger partial charge in [0.05, 0.1) is 13.1 Å². The third-order valence-corrected chi connectivity index (χ3v) is 7.08. The summed E-state index contributed by atoms with van der Waals surface area (Å²) in [5.74, 6) is 0.424. The van der Waals surface area contributed by atoms with Crippen molar-refractivity contribution in [2.45, 2.75) is 45.6 Å². The van der Waals surface area contributed by atoms with Crippen molar-refractivity contribution in [3.8, 4) is 0 Å². The summed E-state index contributed by atoms with van der Waals surface area (Å²) in [6.07, 6.45) is 3.89. The van der Waals surface area contributed by atoms with Crippen LogP contribution in [0.3, 0.4) is 0 Å². The summed E-state index contributed by atoms with van der Waals surface area (Å²) in [5, 5.41) is 6.14. The van der Waals surface area contributed by atoms with Crippen molar-refractivity contribution in [2.75, 3.05) is 57.7 Å². The predicted molar refractivity (Wildman–Crippen MR) is 128 cm³/mol. The molecule has 3 fully saturated rings. The number of nitrogens with one attached hydrogen (secondary N) is 2. The van der Waals surface area contributed by atoms with E-state index in [1.54, 1.807) is 0 Å². The molecule has 0 atom stereocenters. The van der Waals surface area contributed by atoms with Gasteiger partial charge >= 0.3 is 0 Å². The van der Waals surface area contributed by atoms with Crippen LogP contribution in [0.4, 0.5) is 5.69 Å². The van der Waals surface area contributed by atoms with Gasteiger partial charge in [-0.3, -0.25) is 24.2 Å². The molecule has 1 aliphatic carbocycles. The number of benzene rings is 1. The van der Waals surface area contributed by atoms with Gasteiger partial charge in [-0.2, -0.15) is 0 Å². The highest BCUT2D eigenvalue weighted by Crippen LogP contribution is 2.23. The average Bonchev–Trinajstić information content (AvgIpc) is 3.61. The molecule has 0 spiro atoms. The van der Waals surface area contributed by atoms with Crippen LogP contribution < -0.4 is 10.6 Å². The Bertz CT molecular complexity index is 849. The number of piperazine rings is 1. The minimum absolute atomic E-state index is 0.0132. The molecule has 0 aromatic heterocycles. The number of aryl methyl sites for hydroxylation is 2. The summed E-state index contributed by atoms with van der Waals surface area (Å²) in [6.45, 7) is 9.06. The molecule has 33 heavy (non-hydrogen) atoms. The molecule has 3 amide bonds. The maximum Gasteiger partial charge on any atom is 0.238 e. The van der Waals surface area contributed by atoms with Gasteiger partial charge in [-0.15, -0.1) is 0 Å².